The first-order valence-corrected chi connectivity index (χ1v) is 9.85. The predicted octanol–water partition coefficient (Wildman–Crippen LogP) is 3.97. The molecule has 0 aliphatic heterocycles. The van der Waals surface area contributed by atoms with Crippen molar-refractivity contribution in [2.24, 2.45) is 5.41 Å². The number of hydrogen-bond acceptors (Lipinski definition) is 3. The van der Waals surface area contributed by atoms with Crippen LogP contribution in [-0.2, 0) is 4.79 Å². The van der Waals surface area contributed by atoms with Gasteiger partial charge in [0.15, 0.2) is 0 Å². The Morgan fingerprint density at radius 1 is 0.923 bits per heavy atom. The summed E-state index contributed by atoms with van der Waals surface area (Å²) in [6, 6.07) is 15.8. The van der Waals surface area contributed by atoms with Gasteiger partial charge in [0.2, 0.25) is 5.91 Å². The highest BCUT2D eigenvalue weighted by atomic mass is 32.2. The summed E-state index contributed by atoms with van der Waals surface area (Å²) in [5.74, 6) is -0.167. The summed E-state index contributed by atoms with van der Waals surface area (Å²) >= 11 is 1.70. The molecule has 0 bridgehead atoms. The highest BCUT2D eigenvalue weighted by Crippen LogP contribution is 2.23. The Morgan fingerprint density at radius 2 is 1.58 bits per heavy atom. The highest BCUT2D eigenvalue weighted by molar-refractivity contribution is 7.98. The molecule has 5 heteroatoms. The van der Waals surface area contributed by atoms with Crippen LogP contribution >= 0.6 is 11.8 Å². The molecule has 4 nitrogen and oxygen atoms in total. The number of carbonyl (C=O) groups is 2. The number of carbonyl (C=O) groups excluding carboxylic acids is 2. The second-order valence-electron chi connectivity index (χ2n) is 7.07. The molecular weight excluding hydrogens is 344 g/mol. The quantitative estimate of drug-likeness (QED) is 0.598. The molecule has 2 aromatic carbocycles. The number of benzene rings is 2. The molecule has 0 heterocycles. The van der Waals surface area contributed by atoms with Crippen molar-refractivity contribution in [2.45, 2.75) is 25.7 Å². The summed E-state index contributed by atoms with van der Waals surface area (Å²) in [5, 5.41) is 5.67. The fourth-order valence-corrected chi connectivity index (χ4v) is 2.75. The van der Waals surface area contributed by atoms with Crippen LogP contribution in [0, 0.1) is 5.41 Å². The van der Waals surface area contributed by atoms with Gasteiger partial charge in [-0.3, -0.25) is 9.59 Å². The van der Waals surface area contributed by atoms with E-state index in [0.29, 0.717) is 18.7 Å². The van der Waals surface area contributed by atoms with Crippen molar-refractivity contribution >= 4 is 23.6 Å². The maximum atomic E-state index is 12.3. The van der Waals surface area contributed by atoms with Crippen LogP contribution in [0.5, 0.6) is 0 Å². The van der Waals surface area contributed by atoms with Gasteiger partial charge in [-0.15, -0.1) is 11.8 Å². The molecule has 0 atom stereocenters. The van der Waals surface area contributed by atoms with Crippen molar-refractivity contribution in [1.29, 1.82) is 0 Å². The number of amides is 2. The molecule has 0 fully saturated rings. The van der Waals surface area contributed by atoms with E-state index in [1.165, 1.54) is 4.90 Å². The molecule has 0 saturated carbocycles. The van der Waals surface area contributed by atoms with Crippen molar-refractivity contribution in [3.05, 3.63) is 54.1 Å². The van der Waals surface area contributed by atoms with Crippen LogP contribution in [0.1, 0.15) is 31.1 Å². The smallest absolute Gasteiger partial charge is 0.251 e. The van der Waals surface area contributed by atoms with Crippen molar-refractivity contribution in [3.8, 4) is 11.1 Å². The maximum absolute atomic E-state index is 12.3. The van der Waals surface area contributed by atoms with Crippen LogP contribution in [0.2, 0.25) is 0 Å². The van der Waals surface area contributed by atoms with Crippen LogP contribution in [0.15, 0.2) is 53.4 Å². The first kappa shape index (κ1) is 20.0. The normalized spacial score (nSPS) is 11.1. The maximum Gasteiger partial charge on any atom is 0.251 e. The zero-order valence-electron chi connectivity index (χ0n) is 15.8. The Morgan fingerprint density at radius 3 is 2.19 bits per heavy atom. The topological polar surface area (TPSA) is 58.2 Å². The van der Waals surface area contributed by atoms with Gasteiger partial charge < -0.3 is 10.6 Å². The van der Waals surface area contributed by atoms with E-state index >= 15 is 0 Å². The third-order valence-electron chi connectivity index (χ3n) is 3.93. The summed E-state index contributed by atoms with van der Waals surface area (Å²) in [6.45, 7) is 6.39. The van der Waals surface area contributed by atoms with Crippen LogP contribution in [0.3, 0.4) is 0 Å². The zero-order chi connectivity index (χ0) is 19.2. The van der Waals surface area contributed by atoms with E-state index < -0.39 is 5.41 Å². The molecule has 0 saturated heterocycles. The Balaban J connectivity index is 1.94. The first-order valence-electron chi connectivity index (χ1n) is 8.62. The summed E-state index contributed by atoms with van der Waals surface area (Å²) in [5.41, 5.74) is 2.27. The molecule has 2 N–H and O–H groups in total. The molecule has 2 amide bonds. The monoisotopic (exact) mass is 370 g/mol. The average molecular weight is 371 g/mol. The molecule has 0 aliphatic rings. The Kier molecular flexibility index (Phi) is 6.86. The summed E-state index contributed by atoms with van der Waals surface area (Å²) < 4.78 is 0. The standard InChI is InChI=1S/C21H26N2O2S/c1-21(2,3)20(25)23-13-12-22-19(24)17-7-5-6-16(14-17)15-8-10-18(26-4)11-9-15/h5-11,14H,12-13H2,1-4H3,(H,22,24)(H,23,25). The second kappa shape index (κ2) is 8.90. The zero-order valence-corrected chi connectivity index (χ0v) is 16.6. The fourth-order valence-electron chi connectivity index (χ4n) is 2.34. The van der Waals surface area contributed by atoms with E-state index in [2.05, 4.69) is 34.9 Å². The summed E-state index contributed by atoms with van der Waals surface area (Å²) in [4.78, 5) is 25.4. The minimum Gasteiger partial charge on any atom is -0.354 e. The van der Waals surface area contributed by atoms with Gasteiger partial charge in [-0.1, -0.05) is 45.0 Å². The third kappa shape index (κ3) is 5.63. The van der Waals surface area contributed by atoms with Gasteiger partial charge in [0.25, 0.3) is 5.91 Å². The number of rotatable bonds is 6. The molecule has 0 aromatic heterocycles. The minimum absolute atomic E-state index is 0.0255. The van der Waals surface area contributed by atoms with Crippen LogP contribution in [-0.4, -0.2) is 31.2 Å². The van der Waals surface area contributed by atoms with Crippen molar-refractivity contribution < 1.29 is 9.59 Å². The van der Waals surface area contributed by atoms with E-state index in [4.69, 9.17) is 0 Å². The molecule has 0 unspecified atom stereocenters. The molecular formula is C21H26N2O2S. The number of thioether (sulfide) groups is 1. The lowest BCUT2D eigenvalue weighted by molar-refractivity contribution is -0.128. The van der Waals surface area contributed by atoms with Crippen LogP contribution in [0.4, 0.5) is 0 Å². The minimum atomic E-state index is -0.426. The van der Waals surface area contributed by atoms with E-state index in [0.717, 1.165) is 11.1 Å². The molecule has 2 aromatic rings. The Hall–Kier alpha value is -2.27. The lowest BCUT2D eigenvalue weighted by Gasteiger charge is -2.17. The summed E-state index contributed by atoms with van der Waals surface area (Å²) in [7, 11) is 0. The van der Waals surface area contributed by atoms with E-state index in [1.54, 1.807) is 17.8 Å². The fraction of sp³-hybridized carbons (Fsp3) is 0.333. The van der Waals surface area contributed by atoms with Gasteiger partial charge in [0, 0.05) is 29.0 Å². The lowest BCUT2D eigenvalue weighted by Crippen LogP contribution is -2.39. The predicted molar refractivity (Wildman–Crippen MR) is 108 cm³/mol. The van der Waals surface area contributed by atoms with E-state index in [9.17, 15) is 9.59 Å². The second-order valence-corrected chi connectivity index (χ2v) is 7.95. The van der Waals surface area contributed by atoms with Gasteiger partial charge in [-0.05, 0) is 41.6 Å². The molecule has 26 heavy (non-hydrogen) atoms. The Bertz CT molecular complexity index is 764. The molecule has 0 radical (unpaired) electrons. The van der Waals surface area contributed by atoms with Gasteiger partial charge in [-0.2, -0.15) is 0 Å². The SMILES string of the molecule is CSc1ccc(-c2cccc(C(=O)NCCNC(=O)C(C)(C)C)c2)cc1. The van der Waals surface area contributed by atoms with Crippen molar-refractivity contribution in [2.75, 3.05) is 19.3 Å². The van der Waals surface area contributed by atoms with Gasteiger partial charge in [-0.25, -0.2) is 0 Å². The average Bonchev–Trinajstić information content (AvgIpc) is 2.64. The largest absolute Gasteiger partial charge is 0.354 e. The van der Waals surface area contributed by atoms with Crippen molar-refractivity contribution in [1.82, 2.24) is 10.6 Å². The first-order chi connectivity index (χ1) is 12.3. The molecule has 2 rings (SSSR count). The van der Waals surface area contributed by atoms with Crippen LogP contribution in [0.25, 0.3) is 11.1 Å². The van der Waals surface area contributed by atoms with Crippen LogP contribution < -0.4 is 10.6 Å². The molecule has 0 spiro atoms. The Labute approximate surface area is 159 Å². The van der Waals surface area contributed by atoms with Gasteiger partial charge in [0.1, 0.15) is 0 Å². The third-order valence-corrected chi connectivity index (χ3v) is 4.67. The van der Waals surface area contributed by atoms with Crippen molar-refractivity contribution in [3.63, 3.8) is 0 Å². The number of nitrogens with one attached hydrogen (secondary N) is 2. The van der Waals surface area contributed by atoms with E-state index in [1.807, 2.05) is 45.2 Å². The van der Waals surface area contributed by atoms with E-state index in [-0.39, 0.29) is 11.8 Å². The van der Waals surface area contributed by atoms with Gasteiger partial charge in [0.05, 0.1) is 0 Å². The van der Waals surface area contributed by atoms with Gasteiger partial charge >= 0.3 is 0 Å². The lowest BCUT2D eigenvalue weighted by atomic mass is 9.96. The summed E-state index contributed by atoms with van der Waals surface area (Å²) in [6.07, 6.45) is 2.05. The highest BCUT2D eigenvalue weighted by Gasteiger charge is 2.20. The molecule has 0 aliphatic carbocycles. The number of hydrogen-bond donors (Lipinski definition) is 2. The molecule has 138 valence electrons.